The van der Waals surface area contributed by atoms with Gasteiger partial charge in [-0.2, -0.15) is 13.2 Å². The van der Waals surface area contributed by atoms with E-state index in [0.717, 1.165) is 27.1 Å². The van der Waals surface area contributed by atoms with Crippen LogP contribution in [0.4, 0.5) is 17.6 Å². The summed E-state index contributed by atoms with van der Waals surface area (Å²) in [5.74, 6) is -0.799. The van der Waals surface area contributed by atoms with E-state index in [1.54, 1.807) is 0 Å². The summed E-state index contributed by atoms with van der Waals surface area (Å²) in [6, 6.07) is 21.4. The zero-order valence-corrected chi connectivity index (χ0v) is 20.3. The van der Waals surface area contributed by atoms with Gasteiger partial charge in [-0.25, -0.2) is 4.39 Å². The number of aromatic nitrogens is 3. The van der Waals surface area contributed by atoms with Gasteiger partial charge in [-0.3, -0.25) is 0 Å². The summed E-state index contributed by atoms with van der Waals surface area (Å²) in [4.78, 5) is 0. The van der Waals surface area contributed by atoms with Gasteiger partial charge in [0.05, 0.1) is 10.9 Å². The normalized spacial score (nSPS) is 12.7. The topological polar surface area (TPSA) is 38.7 Å². The lowest BCUT2D eigenvalue weighted by atomic mass is 9.81. The Labute approximate surface area is 209 Å². The summed E-state index contributed by atoms with van der Waals surface area (Å²) in [5, 5.41) is 14.8. The Morgan fingerprint density at radius 2 is 1.32 bits per heavy atom. The second-order valence-electron chi connectivity index (χ2n) is 10.3. The van der Waals surface area contributed by atoms with Crippen LogP contribution in [0.2, 0.25) is 0 Å². The Balaban J connectivity index is 1.77. The Hall–Kier alpha value is -4.13. The summed E-state index contributed by atoms with van der Waals surface area (Å²) in [5.41, 5.74) is -0.401. The van der Waals surface area contributed by atoms with Gasteiger partial charge >= 0.3 is 6.18 Å². The molecule has 184 valence electrons. The van der Waals surface area contributed by atoms with E-state index in [2.05, 4.69) is 42.2 Å². The van der Waals surface area contributed by atoms with Gasteiger partial charge in [0.1, 0.15) is 17.0 Å². The molecule has 3 nitrogen and oxygen atoms in total. The van der Waals surface area contributed by atoms with Gasteiger partial charge in [0, 0.05) is 10.9 Å². The molecule has 5 aromatic carbocycles. The fourth-order valence-electron chi connectivity index (χ4n) is 5.16. The highest BCUT2D eigenvalue weighted by molar-refractivity contribution is 6.08. The molecule has 0 aliphatic heterocycles. The summed E-state index contributed by atoms with van der Waals surface area (Å²) >= 11 is 0. The maximum Gasteiger partial charge on any atom is 0.419 e. The third-order valence-electron chi connectivity index (χ3n) is 6.84. The molecule has 1 aromatic heterocycles. The van der Waals surface area contributed by atoms with Gasteiger partial charge in [-0.15, -0.1) is 10.2 Å². The van der Waals surface area contributed by atoms with Crippen LogP contribution in [-0.4, -0.2) is 15.4 Å². The minimum Gasteiger partial charge on any atom is -0.205 e. The molecule has 0 saturated heterocycles. The highest BCUT2D eigenvalue weighted by atomic mass is 19.4. The highest BCUT2D eigenvalue weighted by Gasteiger charge is 2.38. The number of rotatable bonds is 1. The minimum atomic E-state index is -4.77. The zero-order valence-electron chi connectivity index (χ0n) is 20.3. The van der Waals surface area contributed by atoms with E-state index in [9.17, 15) is 13.2 Å². The van der Waals surface area contributed by atoms with Crippen molar-refractivity contribution in [2.24, 2.45) is 0 Å². The van der Waals surface area contributed by atoms with Crippen molar-refractivity contribution in [1.29, 1.82) is 0 Å². The molecule has 0 unspecified atom stereocenters. The Kier molecular flexibility index (Phi) is 4.99. The molecule has 0 bridgehead atoms. The van der Waals surface area contributed by atoms with Crippen LogP contribution in [0.15, 0.2) is 72.8 Å². The SMILES string of the molecule is CC(C)(C)c1cc(-c2nnnc3c(C(F)(F)F)c4ccccc4c(F)c23)cc2cc3ccccc3cc12. The van der Waals surface area contributed by atoms with Gasteiger partial charge in [0.15, 0.2) is 0 Å². The van der Waals surface area contributed by atoms with Crippen molar-refractivity contribution in [2.75, 3.05) is 0 Å². The average molecular weight is 500 g/mol. The molecule has 0 saturated carbocycles. The van der Waals surface area contributed by atoms with Crippen molar-refractivity contribution in [2.45, 2.75) is 32.4 Å². The second kappa shape index (κ2) is 7.93. The smallest absolute Gasteiger partial charge is 0.205 e. The fourth-order valence-corrected chi connectivity index (χ4v) is 5.16. The molecule has 37 heavy (non-hydrogen) atoms. The molecule has 0 N–H and O–H groups in total. The van der Waals surface area contributed by atoms with Crippen LogP contribution < -0.4 is 0 Å². The monoisotopic (exact) mass is 499 g/mol. The molecule has 0 atom stereocenters. The second-order valence-corrected chi connectivity index (χ2v) is 10.3. The third kappa shape index (κ3) is 3.68. The van der Waals surface area contributed by atoms with E-state index >= 15 is 4.39 Å². The molecule has 0 aliphatic carbocycles. The molecular weight excluding hydrogens is 478 g/mol. The van der Waals surface area contributed by atoms with Gasteiger partial charge < -0.3 is 0 Å². The van der Waals surface area contributed by atoms with Crippen LogP contribution in [0.25, 0.3) is 54.5 Å². The fraction of sp³-hybridized carbons (Fsp3) is 0.167. The van der Waals surface area contributed by atoms with Gasteiger partial charge in [-0.1, -0.05) is 69.3 Å². The van der Waals surface area contributed by atoms with Crippen molar-refractivity contribution < 1.29 is 17.6 Å². The van der Waals surface area contributed by atoms with E-state index in [-0.39, 0.29) is 27.3 Å². The first-order valence-electron chi connectivity index (χ1n) is 11.8. The molecule has 0 radical (unpaired) electrons. The highest BCUT2D eigenvalue weighted by Crippen LogP contribution is 2.44. The number of fused-ring (bicyclic) bond motifs is 4. The lowest BCUT2D eigenvalue weighted by Gasteiger charge is -2.23. The molecule has 6 aromatic rings. The minimum absolute atomic E-state index is 0.0271. The molecule has 0 fully saturated rings. The van der Waals surface area contributed by atoms with Crippen LogP contribution in [0, 0.1) is 5.82 Å². The standard InChI is InChI=1S/C30H21F4N3/c1-29(2,3)23-15-19(13-18-12-16-8-4-5-9-17(16)14-22(18)23)27-24-26(31)21-11-7-6-10-20(21)25(30(32,33)34)28(24)36-37-35-27/h4-15H,1-3H3. The number of hydrogen-bond donors (Lipinski definition) is 0. The quantitative estimate of drug-likeness (QED) is 0.168. The number of hydrogen-bond acceptors (Lipinski definition) is 3. The van der Waals surface area contributed by atoms with E-state index in [0.29, 0.717) is 5.56 Å². The lowest BCUT2D eigenvalue weighted by Crippen LogP contribution is -2.13. The van der Waals surface area contributed by atoms with Crippen LogP contribution in [0.1, 0.15) is 31.9 Å². The van der Waals surface area contributed by atoms with Crippen molar-refractivity contribution in [3.63, 3.8) is 0 Å². The van der Waals surface area contributed by atoms with Crippen LogP contribution >= 0.6 is 0 Å². The average Bonchev–Trinajstić information content (AvgIpc) is 2.85. The Bertz CT molecular complexity index is 1870. The van der Waals surface area contributed by atoms with Crippen molar-refractivity contribution in [3.8, 4) is 11.3 Å². The molecule has 0 aliphatic rings. The Morgan fingerprint density at radius 1 is 0.676 bits per heavy atom. The summed E-state index contributed by atoms with van der Waals surface area (Å²) in [7, 11) is 0. The lowest BCUT2D eigenvalue weighted by molar-refractivity contribution is -0.135. The van der Waals surface area contributed by atoms with Crippen LogP contribution in [-0.2, 0) is 11.6 Å². The van der Waals surface area contributed by atoms with E-state index in [1.807, 2.05) is 42.5 Å². The molecule has 1 heterocycles. The van der Waals surface area contributed by atoms with Gasteiger partial charge in [0.25, 0.3) is 0 Å². The zero-order chi connectivity index (χ0) is 26.1. The van der Waals surface area contributed by atoms with E-state index in [1.165, 1.54) is 24.3 Å². The number of nitrogens with zero attached hydrogens (tertiary/aromatic N) is 3. The largest absolute Gasteiger partial charge is 0.419 e. The van der Waals surface area contributed by atoms with Gasteiger partial charge in [-0.05, 0) is 67.4 Å². The molecule has 0 amide bonds. The maximum atomic E-state index is 16.0. The number of alkyl halides is 3. The summed E-state index contributed by atoms with van der Waals surface area (Å²) < 4.78 is 58.8. The van der Waals surface area contributed by atoms with Crippen LogP contribution in [0.5, 0.6) is 0 Å². The Morgan fingerprint density at radius 3 is 2.00 bits per heavy atom. The predicted octanol–water partition coefficient (Wildman–Crippen LogP) is 8.61. The van der Waals surface area contributed by atoms with Crippen LogP contribution in [0.3, 0.4) is 0 Å². The van der Waals surface area contributed by atoms with Crippen molar-refractivity contribution >= 4 is 43.2 Å². The number of halogens is 4. The molecular formula is C30H21F4N3. The summed E-state index contributed by atoms with van der Waals surface area (Å²) in [6.07, 6.45) is -4.77. The maximum absolute atomic E-state index is 16.0. The summed E-state index contributed by atoms with van der Waals surface area (Å²) in [6.45, 7) is 6.19. The van der Waals surface area contributed by atoms with Gasteiger partial charge in [0.2, 0.25) is 0 Å². The predicted molar refractivity (Wildman–Crippen MR) is 139 cm³/mol. The number of benzene rings is 5. The van der Waals surface area contributed by atoms with Crippen molar-refractivity contribution in [3.05, 3.63) is 89.7 Å². The van der Waals surface area contributed by atoms with E-state index < -0.39 is 23.1 Å². The molecule has 6 rings (SSSR count). The first kappa shape index (κ1) is 23.3. The molecule has 0 spiro atoms. The third-order valence-corrected chi connectivity index (χ3v) is 6.84. The van der Waals surface area contributed by atoms with E-state index in [4.69, 9.17) is 0 Å². The molecule has 7 heteroatoms. The van der Waals surface area contributed by atoms with Crippen molar-refractivity contribution in [1.82, 2.24) is 15.4 Å². The first-order valence-corrected chi connectivity index (χ1v) is 11.8. The first-order chi connectivity index (χ1) is 17.5.